The van der Waals surface area contributed by atoms with E-state index in [4.69, 9.17) is 4.98 Å². The summed E-state index contributed by atoms with van der Waals surface area (Å²) in [6, 6.07) is 7.63. The van der Waals surface area contributed by atoms with E-state index in [-0.39, 0.29) is 18.4 Å². The molecule has 28 heavy (non-hydrogen) atoms. The molecule has 0 amide bonds. The summed E-state index contributed by atoms with van der Waals surface area (Å²) in [7, 11) is 0. The molecule has 3 N–H and O–H groups in total. The van der Waals surface area contributed by atoms with Gasteiger partial charge in [0.2, 0.25) is 0 Å². The number of hydrogen-bond donors (Lipinski definition) is 3. The van der Waals surface area contributed by atoms with Gasteiger partial charge in [-0.1, -0.05) is 25.5 Å². The zero-order valence-corrected chi connectivity index (χ0v) is 16.9. The minimum atomic E-state index is 0.0260. The first kappa shape index (κ1) is 20.6. The quantitative estimate of drug-likeness (QED) is 0.649. The van der Waals surface area contributed by atoms with Crippen LogP contribution in [0.15, 0.2) is 30.5 Å². The Bertz CT molecular complexity index is 743. The van der Waals surface area contributed by atoms with E-state index in [1.54, 1.807) is 12.1 Å². The van der Waals surface area contributed by atoms with Crippen molar-refractivity contribution in [3.8, 4) is 5.75 Å². The van der Waals surface area contributed by atoms with Crippen LogP contribution >= 0.6 is 0 Å². The molecule has 0 bridgehead atoms. The summed E-state index contributed by atoms with van der Waals surface area (Å²) >= 11 is 0. The third-order valence-electron chi connectivity index (χ3n) is 5.39. The van der Waals surface area contributed by atoms with Crippen LogP contribution in [0.5, 0.6) is 5.75 Å². The van der Waals surface area contributed by atoms with Crippen molar-refractivity contribution < 1.29 is 10.2 Å². The Morgan fingerprint density at radius 2 is 1.93 bits per heavy atom. The molecule has 2 aromatic rings. The van der Waals surface area contributed by atoms with Crippen molar-refractivity contribution in [2.45, 2.75) is 58.0 Å². The lowest BCUT2D eigenvalue weighted by molar-refractivity contribution is 0.222. The molecule has 1 saturated heterocycles. The van der Waals surface area contributed by atoms with Gasteiger partial charge < -0.3 is 20.4 Å². The molecule has 1 aromatic heterocycles. The van der Waals surface area contributed by atoms with Crippen LogP contribution in [-0.4, -0.2) is 52.0 Å². The number of piperidine rings is 1. The average Bonchev–Trinajstić information content (AvgIpc) is 2.71. The second-order valence-electron chi connectivity index (χ2n) is 7.69. The van der Waals surface area contributed by atoms with Crippen LogP contribution in [0.2, 0.25) is 0 Å². The Morgan fingerprint density at radius 3 is 2.57 bits per heavy atom. The van der Waals surface area contributed by atoms with Gasteiger partial charge in [0.15, 0.2) is 0 Å². The van der Waals surface area contributed by atoms with Crippen LogP contribution in [0.3, 0.4) is 0 Å². The Kier molecular flexibility index (Phi) is 7.23. The van der Waals surface area contributed by atoms with E-state index in [2.05, 4.69) is 22.1 Å². The number of nitrogens with zero attached hydrogens (tertiary/aromatic N) is 3. The standard InChI is InChI=1S/C22H32N4O2/c1-3-4-18-14-23-16(2)24-22(18)26-11-9-19(10-12-26)25-20(15-27)13-17-5-7-21(28)8-6-17/h5-8,14,19-20,25,27-28H,3-4,9-13,15H2,1-2H3/t20-/m1/s1. The Balaban J connectivity index is 1.56. The number of aromatic nitrogens is 2. The van der Waals surface area contributed by atoms with Crippen LogP contribution in [0.4, 0.5) is 5.82 Å². The normalized spacial score (nSPS) is 16.3. The summed E-state index contributed by atoms with van der Waals surface area (Å²) in [5.41, 5.74) is 2.35. The molecule has 0 aliphatic carbocycles. The second-order valence-corrected chi connectivity index (χ2v) is 7.69. The molecule has 0 radical (unpaired) electrons. The van der Waals surface area contributed by atoms with Gasteiger partial charge >= 0.3 is 0 Å². The number of rotatable bonds is 8. The number of nitrogens with one attached hydrogen (secondary N) is 1. The van der Waals surface area contributed by atoms with Crippen LogP contribution in [0.25, 0.3) is 0 Å². The monoisotopic (exact) mass is 384 g/mol. The molecule has 0 unspecified atom stereocenters. The highest BCUT2D eigenvalue weighted by Gasteiger charge is 2.24. The number of aliphatic hydroxyl groups is 1. The van der Waals surface area contributed by atoms with Crippen molar-refractivity contribution in [3.63, 3.8) is 0 Å². The molecule has 1 fully saturated rings. The topological polar surface area (TPSA) is 81.5 Å². The van der Waals surface area contributed by atoms with Crippen molar-refractivity contribution >= 4 is 5.82 Å². The molecule has 3 rings (SSSR count). The number of aryl methyl sites for hydroxylation is 2. The summed E-state index contributed by atoms with van der Waals surface area (Å²) < 4.78 is 0. The molecule has 0 spiro atoms. The maximum atomic E-state index is 9.79. The maximum absolute atomic E-state index is 9.79. The fraction of sp³-hybridized carbons (Fsp3) is 0.545. The molecule has 6 nitrogen and oxygen atoms in total. The second kappa shape index (κ2) is 9.85. The van der Waals surface area contributed by atoms with Gasteiger partial charge in [0.05, 0.1) is 6.61 Å². The first-order valence-electron chi connectivity index (χ1n) is 10.3. The van der Waals surface area contributed by atoms with Crippen LogP contribution in [-0.2, 0) is 12.8 Å². The predicted octanol–water partition coefficient (Wildman–Crippen LogP) is 2.61. The molecule has 152 valence electrons. The first-order chi connectivity index (χ1) is 13.6. The smallest absolute Gasteiger partial charge is 0.135 e. The van der Waals surface area contributed by atoms with Crippen molar-refractivity contribution in [2.24, 2.45) is 0 Å². The highest BCUT2D eigenvalue weighted by molar-refractivity contribution is 5.46. The number of anilines is 1. The highest BCUT2D eigenvalue weighted by atomic mass is 16.3. The number of benzene rings is 1. The third-order valence-corrected chi connectivity index (χ3v) is 5.39. The summed E-state index contributed by atoms with van der Waals surface area (Å²) in [6.45, 7) is 6.16. The molecule has 0 saturated carbocycles. The average molecular weight is 385 g/mol. The highest BCUT2D eigenvalue weighted by Crippen LogP contribution is 2.23. The van der Waals surface area contributed by atoms with Gasteiger partial charge in [-0.3, -0.25) is 0 Å². The number of phenolic OH excluding ortho intramolecular Hbond substituents is 1. The lowest BCUT2D eigenvalue weighted by atomic mass is 10.0. The number of hydrogen-bond acceptors (Lipinski definition) is 6. The Hall–Kier alpha value is -2.18. The van der Waals surface area contributed by atoms with E-state index >= 15 is 0 Å². The lowest BCUT2D eigenvalue weighted by Crippen LogP contribution is -2.48. The number of aromatic hydroxyl groups is 1. The minimum absolute atomic E-state index is 0.0260. The van der Waals surface area contributed by atoms with Crippen molar-refractivity contribution in [2.75, 3.05) is 24.6 Å². The van der Waals surface area contributed by atoms with Gasteiger partial charge in [-0.25, -0.2) is 9.97 Å². The largest absolute Gasteiger partial charge is 0.508 e. The van der Waals surface area contributed by atoms with Gasteiger partial charge in [0, 0.05) is 36.9 Å². The van der Waals surface area contributed by atoms with E-state index in [0.717, 1.165) is 62.4 Å². The molecule has 6 heteroatoms. The van der Waals surface area contributed by atoms with Crippen molar-refractivity contribution in [1.29, 1.82) is 0 Å². The van der Waals surface area contributed by atoms with Crippen LogP contribution in [0, 0.1) is 6.92 Å². The lowest BCUT2D eigenvalue weighted by Gasteiger charge is -2.36. The molecule has 1 atom stereocenters. The molecule has 1 aliphatic rings. The number of aliphatic hydroxyl groups excluding tert-OH is 1. The van der Waals surface area contributed by atoms with E-state index in [1.165, 1.54) is 5.56 Å². The summed E-state index contributed by atoms with van der Waals surface area (Å²) in [5, 5.41) is 22.8. The fourth-order valence-electron chi connectivity index (χ4n) is 3.89. The van der Waals surface area contributed by atoms with Gasteiger partial charge in [-0.2, -0.15) is 0 Å². The van der Waals surface area contributed by atoms with Crippen LogP contribution in [0.1, 0.15) is 43.1 Å². The summed E-state index contributed by atoms with van der Waals surface area (Å²) in [6.07, 6.45) is 6.88. The fourth-order valence-corrected chi connectivity index (χ4v) is 3.89. The summed E-state index contributed by atoms with van der Waals surface area (Å²) in [5.74, 6) is 2.19. The molecule has 1 aliphatic heterocycles. The van der Waals surface area contributed by atoms with E-state index in [9.17, 15) is 10.2 Å². The molecule has 2 heterocycles. The van der Waals surface area contributed by atoms with E-state index < -0.39 is 0 Å². The zero-order chi connectivity index (χ0) is 19.9. The maximum Gasteiger partial charge on any atom is 0.135 e. The van der Waals surface area contributed by atoms with Crippen molar-refractivity contribution in [3.05, 3.63) is 47.4 Å². The predicted molar refractivity (Wildman–Crippen MR) is 112 cm³/mol. The first-order valence-corrected chi connectivity index (χ1v) is 10.3. The zero-order valence-electron chi connectivity index (χ0n) is 16.9. The Morgan fingerprint density at radius 1 is 1.21 bits per heavy atom. The summed E-state index contributed by atoms with van der Waals surface area (Å²) in [4.78, 5) is 11.5. The van der Waals surface area contributed by atoms with E-state index in [1.807, 2.05) is 25.3 Å². The Labute approximate surface area is 167 Å². The minimum Gasteiger partial charge on any atom is -0.508 e. The molecular weight excluding hydrogens is 352 g/mol. The van der Waals surface area contributed by atoms with Gasteiger partial charge in [-0.05, 0) is 50.3 Å². The van der Waals surface area contributed by atoms with Gasteiger partial charge in [-0.15, -0.1) is 0 Å². The number of phenols is 1. The molecular formula is C22H32N4O2. The van der Waals surface area contributed by atoms with Crippen LogP contribution < -0.4 is 10.2 Å². The van der Waals surface area contributed by atoms with E-state index in [0.29, 0.717) is 6.04 Å². The SMILES string of the molecule is CCCc1cnc(C)nc1N1CCC(N[C@@H](CO)Cc2ccc(O)cc2)CC1. The van der Waals surface area contributed by atoms with Crippen molar-refractivity contribution in [1.82, 2.24) is 15.3 Å². The molecule has 1 aromatic carbocycles. The van der Waals surface area contributed by atoms with Gasteiger partial charge in [0.1, 0.15) is 17.4 Å². The van der Waals surface area contributed by atoms with Gasteiger partial charge in [0.25, 0.3) is 0 Å². The third kappa shape index (κ3) is 5.42.